The van der Waals surface area contributed by atoms with Gasteiger partial charge in [0.05, 0.1) is 25.0 Å². The van der Waals surface area contributed by atoms with Gasteiger partial charge in [-0.15, -0.1) is 0 Å². The average molecular weight is 415 g/mol. The first kappa shape index (κ1) is 22.2. The first-order valence-electron chi connectivity index (χ1n) is 8.03. The summed E-state index contributed by atoms with van der Waals surface area (Å²) in [7, 11) is 0. The van der Waals surface area contributed by atoms with E-state index in [1.165, 1.54) is 23.5 Å². The van der Waals surface area contributed by atoms with E-state index in [-0.39, 0.29) is 5.25 Å². The standard InChI is InChI=1S/C17H22N2O2S4/c1-3-20-16(22)24-12-14-7-5-6-13(19-14)8-9-15(10-11-18)25-17(23)21-4-2/h5-7,15H,3-4,8-10,12H2,1-2H3. The van der Waals surface area contributed by atoms with Crippen molar-refractivity contribution in [2.45, 2.75) is 44.1 Å². The number of ether oxygens (including phenoxy) is 2. The molecule has 1 aromatic rings. The van der Waals surface area contributed by atoms with Crippen LogP contribution in [0.1, 0.15) is 38.1 Å². The zero-order valence-electron chi connectivity index (χ0n) is 14.4. The van der Waals surface area contributed by atoms with Crippen LogP contribution in [0.4, 0.5) is 0 Å². The summed E-state index contributed by atoms with van der Waals surface area (Å²) in [6.45, 7) is 4.95. The van der Waals surface area contributed by atoms with Crippen LogP contribution in [0.2, 0.25) is 0 Å². The number of thioether (sulfide) groups is 2. The molecular formula is C17H22N2O2S4. The van der Waals surface area contributed by atoms with Crippen LogP contribution >= 0.6 is 48.0 Å². The Morgan fingerprint density at radius 2 is 1.88 bits per heavy atom. The van der Waals surface area contributed by atoms with Gasteiger partial charge in [-0.25, -0.2) is 0 Å². The molecule has 0 aliphatic rings. The lowest BCUT2D eigenvalue weighted by Crippen LogP contribution is -2.09. The molecule has 0 aliphatic heterocycles. The van der Waals surface area contributed by atoms with Crippen molar-refractivity contribution in [2.75, 3.05) is 13.2 Å². The minimum absolute atomic E-state index is 0.120. The van der Waals surface area contributed by atoms with Crippen LogP contribution in [-0.2, 0) is 21.6 Å². The Balaban J connectivity index is 2.54. The molecule has 4 nitrogen and oxygen atoms in total. The topological polar surface area (TPSA) is 55.1 Å². The number of hydrogen-bond donors (Lipinski definition) is 0. The molecule has 0 N–H and O–H groups in total. The van der Waals surface area contributed by atoms with E-state index >= 15 is 0 Å². The third kappa shape index (κ3) is 10.00. The molecule has 0 fully saturated rings. The number of hydrogen-bond acceptors (Lipinski definition) is 8. The molecule has 0 saturated carbocycles. The number of pyridine rings is 1. The van der Waals surface area contributed by atoms with Gasteiger partial charge in [0.15, 0.2) is 0 Å². The van der Waals surface area contributed by atoms with Crippen molar-refractivity contribution >= 4 is 56.7 Å². The third-order valence-corrected chi connectivity index (χ3v) is 5.75. The Morgan fingerprint density at radius 1 is 1.20 bits per heavy atom. The van der Waals surface area contributed by atoms with Crippen LogP contribution in [0.5, 0.6) is 0 Å². The van der Waals surface area contributed by atoms with Gasteiger partial charge in [0.2, 0.25) is 8.77 Å². The predicted molar refractivity (Wildman–Crippen MR) is 114 cm³/mol. The molecule has 0 aromatic carbocycles. The quantitative estimate of drug-likeness (QED) is 0.529. The van der Waals surface area contributed by atoms with Crippen molar-refractivity contribution in [3.05, 3.63) is 29.6 Å². The molecule has 0 saturated heterocycles. The normalized spacial score (nSPS) is 11.4. The molecule has 1 atom stereocenters. The molecule has 0 amide bonds. The van der Waals surface area contributed by atoms with E-state index in [2.05, 4.69) is 11.1 Å². The molecular weight excluding hydrogens is 392 g/mol. The molecule has 1 heterocycles. The minimum Gasteiger partial charge on any atom is -0.479 e. The summed E-state index contributed by atoms with van der Waals surface area (Å²) in [5.74, 6) is 0.692. The number of thiocarbonyl (C=S) groups is 2. The average Bonchev–Trinajstić information content (AvgIpc) is 2.59. The summed E-state index contributed by atoms with van der Waals surface area (Å²) in [5, 5.41) is 9.12. The van der Waals surface area contributed by atoms with E-state index in [9.17, 15) is 0 Å². The lowest BCUT2D eigenvalue weighted by atomic mass is 10.1. The summed E-state index contributed by atoms with van der Waals surface area (Å²) in [6.07, 6.45) is 2.06. The van der Waals surface area contributed by atoms with Crippen molar-refractivity contribution in [1.82, 2.24) is 4.98 Å². The molecule has 0 spiro atoms. The summed E-state index contributed by atoms with van der Waals surface area (Å²) >= 11 is 13.2. The Labute approximate surface area is 169 Å². The second kappa shape index (κ2) is 13.3. The minimum atomic E-state index is 0.120. The highest BCUT2D eigenvalue weighted by molar-refractivity contribution is 8.23. The Hall–Kier alpha value is -0.880. The Bertz CT molecular complexity index is 605. The van der Waals surface area contributed by atoms with Crippen LogP contribution in [-0.4, -0.2) is 32.2 Å². The van der Waals surface area contributed by atoms with Crippen molar-refractivity contribution < 1.29 is 9.47 Å². The van der Waals surface area contributed by atoms with Crippen molar-refractivity contribution in [2.24, 2.45) is 0 Å². The molecule has 1 aromatic heterocycles. The van der Waals surface area contributed by atoms with Crippen LogP contribution in [0.25, 0.3) is 0 Å². The summed E-state index contributed by atoms with van der Waals surface area (Å²) in [5.41, 5.74) is 1.98. The highest BCUT2D eigenvalue weighted by Crippen LogP contribution is 2.23. The molecule has 0 radical (unpaired) electrons. The molecule has 1 unspecified atom stereocenters. The number of nitriles is 1. The van der Waals surface area contributed by atoms with Gasteiger partial charge >= 0.3 is 0 Å². The monoisotopic (exact) mass is 414 g/mol. The van der Waals surface area contributed by atoms with Crippen molar-refractivity contribution in [3.63, 3.8) is 0 Å². The highest BCUT2D eigenvalue weighted by atomic mass is 32.2. The SMILES string of the molecule is CCOC(=S)SCc1cccc(CCC(CC#N)SC(=S)OCC)n1. The number of aromatic nitrogens is 1. The largest absolute Gasteiger partial charge is 0.479 e. The van der Waals surface area contributed by atoms with Gasteiger partial charge in [0.25, 0.3) is 0 Å². The van der Waals surface area contributed by atoms with Gasteiger partial charge in [0.1, 0.15) is 0 Å². The van der Waals surface area contributed by atoms with Gasteiger partial charge < -0.3 is 9.47 Å². The number of aryl methyl sites for hydroxylation is 1. The molecule has 1 rings (SSSR count). The maximum atomic E-state index is 9.00. The van der Waals surface area contributed by atoms with E-state index in [4.69, 9.17) is 39.2 Å². The van der Waals surface area contributed by atoms with Crippen LogP contribution < -0.4 is 0 Å². The van der Waals surface area contributed by atoms with Crippen LogP contribution in [0, 0.1) is 11.3 Å². The maximum Gasteiger partial charge on any atom is 0.220 e. The van der Waals surface area contributed by atoms with Gasteiger partial charge in [-0.05, 0) is 63.3 Å². The van der Waals surface area contributed by atoms with Crippen LogP contribution in [0.3, 0.4) is 0 Å². The van der Waals surface area contributed by atoms with Crippen LogP contribution in [0.15, 0.2) is 18.2 Å². The summed E-state index contributed by atoms with van der Waals surface area (Å²) in [4.78, 5) is 4.66. The van der Waals surface area contributed by atoms with E-state index in [0.717, 1.165) is 24.2 Å². The second-order valence-electron chi connectivity index (χ2n) is 4.92. The first-order chi connectivity index (χ1) is 12.1. The third-order valence-electron chi connectivity index (χ3n) is 3.03. The molecule has 136 valence electrons. The van der Waals surface area contributed by atoms with E-state index in [0.29, 0.717) is 34.2 Å². The molecule has 0 bridgehead atoms. The first-order valence-corrected chi connectivity index (χ1v) is 10.7. The summed E-state index contributed by atoms with van der Waals surface area (Å²) < 4.78 is 11.6. The predicted octanol–water partition coefficient (Wildman–Crippen LogP) is 4.91. The lowest BCUT2D eigenvalue weighted by molar-refractivity contribution is 0.346. The van der Waals surface area contributed by atoms with E-state index < -0.39 is 0 Å². The zero-order chi connectivity index (χ0) is 18.5. The molecule has 0 aliphatic carbocycles. The smallest absolute Gasteiger partial charge is 0.220 e. The fourth-order valence-corrected chi connectivity index (χ4v) is 4.24. The van der Waals surface area contributed by atoms with Gasteiger partial charge in [0, 0.05) is 23.1 Å². The highest BCUT2D eigenvalue weighted by Gasteiger charge is 2.14. The Morgan fingerprint density at radius 3 is 2.56 bits per heavy atom. The number of nitrogens with zero attached hydrogens (tertiary/aromatic N) is 2. The van der Waals surface area contributed by atoms with Gasteiger partial charge in [-0.3, -0.25) is 4.98 Å². The van der Waals surface area contributed by atoms with Gasteiger partial charge in [-0.2, -0.15) is 5.26 Å². The molecule has 25 heavy (non-hydrogen) atoms. The van der Waals surface area contributed by atoms with E-state index in [1.807, 2.05) is 32.0 Å². The molecule has 8 heteroatoms. The fraction of sp³-hybridized carbons (Fsp3) is 0.529. The second-order valence-corrected chi connectivity index (χ2v) is 8.40. The maximum absolute atomic E-state index is 9.00. The van der Waals surface area contributed by atoms with Crippen molar-refractivity contribution in [1.29, 1.82) is 5.26 Å². The summed E-state index contributed by atoms with van der Waals surface area (Å²) in [6, 6.07) is 8.21. The Kier molecular flexibility index (Phi) is 11.8. The number of rotatable bonds is 9. The van der Waals surface area contributed by atoms with Gasteiger partial charge in [-0.1, -0.05) is 29.6 Å². The zero-order valence-corrected chi connectivity index (χ0v) is 17.7. The van der Waals surface area contributed by atoms with E-state index in [1.54, 1.807) is 0 Å². The lowest BCUT2D eigenvalue weighted by Gasteiger charge is -2.13. The fourth-order valence-electron chi connectivity index (χ4n) is 1.94. The van der Waals surface area contributed by atoms with Crippen molar-refractivity contribution in [3.8, 4) is 6.07 Å².